The fourth-order valence-electron chi connectivity index (χ4n) is 2.83. The molecule has 5 heteroatoms. The number of unbranched alkanes of at least 4 members (excludes halogenated alkanes) is 1. The van der Waals surface area contributed by atoms with E-state index >= 15 is 0 Å². The summed E-state index contributed by atoms with van der Waals surface area (Å²) in [5.74, 6) is -1.05. The van der Waals surface area contributed by atoms with Gasteiger partial charge in [-0.3, -0.25) is 0 Å². The third kappa shape index (κ3) is 7.27. The second-order valence-corrected chi connectivity index (χ2v) is 8.93. The van der Waals surface area contributed by atoms with Crippen LogP contribution in [0.15, 0.2) is 18.2 Å². The number of rotatable bonds is 9. The summed E-state index contributed by atoms with van der Waals surface area (Å²) in [5, 5.41) is 0. The van der Waals surface area contributed by atoms with Crippen molar-refractivity contribution in [3.05, 3.63) is 34.9 Å². The Hall–Kier alpha value is -1.88. The second-order valence-electron chi connectivity index (χ2n) is 8.93. The molecule has 0 spiro atoms. The van der Waals surface area contributed by atoms with Gasteiger partial charge < -0.3 is 14.2 Å². The molecule has 1 rings (SSSR count). The average Bonchev–Trinajstić information content (AvgIpc) is 2.58. The average molecular weight is 393 g/mol. The molecule has 0 saturated carbocycles. The third-order valence-corrected chi connectivity index (χ3v) is 4.54. The monoisotopic (exact) mass is 392 g/mol. The number of benzene rings is 1. The number of hydrogen-bond donors (Lipinski definition) is 0. The topological polar surface area (TPSA) is 61.8 Å². The predicted molar refractivity (Wildman–Crippen MR) is 111 cm³/mol. The second kappa shape index (κ2) is 10.1. The number of methoxy groups -OCH3 is 1. The van der Waals surface area contributed by atoms with Gasteiger partial charge in [0.2, 0.25) is 0 Å². The molecule has 0 N–H and O–H groups in total. The molecule has 1 atom stereocenters. The van der Waals surface area contributed by atoms with Crippen molar-refractivity contribution in [3.63, 3.8) is 0 Å². The minimum absolute atomic E-state index is 0.171. The van der Waals surface area contributed by atoms with Crippen LogP contribution in [0.3, 0.4) is 0 Å². The maximum Gasteiger partial charge on any atom is 0.339 e. The molecule has 0 aliphatic rings. The van der Waals surface area contributed by atoms with Gasteiger partial charge in [0.15, 0.2) is 0 Å². The maximum atomic E-state index is 12.9. The molecule has 0 bridgehead atoms. The Bertz CT molecular complexity index is 670. The zero-order valence-corrected chi connectivity index (χ0v) is 18.7. The van der Waals surface area contributed by atoms with Crippen molar-refractivity contribution in [2.24, 2.45) is 0 Å². The zero-order chi connectivity index (χ0) is 21.5. The van der Waals surface area contributed by atoms with E-state index in [0.29, 0.717) is 0 Å². The zero-order valence-electron chi connectivity index (χ0n) is 18.7. The molecule has 158 valence electrons. The highest BCUT2D eigenvalue weighted by atomic mass is 16.6. The van der Waals surface area contributed by atoms with Gasteiger partial charge in [0, 0.05) is 7.11 Å². The van der Waals surface area contributed by atoms with Gasteiger partial charge in [-0.2, -0.15) is 0 Å². The van der Waals surface area contributed by atoms with E-state index in [4.69, 9.17) is 14.2 Å². The first-order chi connectivity index (χ1) is 12.9. The molecule has 0 heterocycles. The summed E-state index contributed by atoms with van der Waals surface area (Å²) in [5.41, 5.74) is 0.635. The van der Waals surface area contributed by atoms with E-state index in [1.807, 2.05) is 19.9 Å². The number of ether oxygens (including phenoxy) is 3. The molecule has 0 radical (unpaired) electrons. The van der Waals surface area contributed by atoms with E-state index in [9.17, 15) is 9.59 Å². The van der Waals surface area contributed by atoms with Crippen LogP contribution in [-0.4, -0.2) is 37.4 Å². The van der Waals surface area contributed by atoms with E-state index in [-0.39, 0.29) is 23.1 Å². The van der Waals surface area contributed by atoms with Crippen LogP contribution in [0.5, 0.6) is 0 Å². The smallest absolute Gasteiger partial charge is 0.339 e. The SMILES string of the molecule is CCCCC(C)(C)OC(=O)c1ccc(C(C)(C)C)cc1C(=O)OC(C)COC. The van der Waals surface area contributed by atoms with Crippen molar-refractivity contribution < 1.29 is 23.8 Å². The quantitative estimate of drug-likeness (QED) is 0.534. The minimum atomic E-state index is -0.597. The Morgan fingerprint density at radius 1 is 1.04 bits per heavy atom. The molecule has 0 amide bonds. The molecular weight excluding hydrogens is 356 g/mol. The lowest BCUT2D eigenvalue weighted by Crippen LogP contribution is -2.29. The first-order valence-corrected chi connectivity index (χ1v) is 9.99. The van der Waals surface area contributed by atoms with Gasteiger partial charge in [-0.1, -0.05) is 40.2 Å². The minimum Gasteiger partial charge on any atom is -0.457 e. The van der Waals surface area contributed by atoms with Crippen LogP contribution in [0.2, 0.25) is 0 Å². The van der Waals surface area contributed by atoms with Gasteiger partial charge in [-0.25, -0.2) is 9.59 Å². The highest BCUT2D eigenvalue weighted by Crippen LogP contribution is 2.27. The molecule has 1 aromatic carbocycles. The normalized spacial score (nSPS) is 13.1. The van der Waals surface area contributed by atoms with Crippen molar-refractivity contribution in [3.8, 4) is 0 Å². The van der Waals surface area contributed by atoms with Crippen LogP contribution in [0.4, 0.5) is 0 Å². The molecule has 0 aromatic heterocycles. The van der Waals surface area contributed by atoms with Gasteiger partial charge >= 0.3 is 11.9 Å². The van der Waals surface area contributed by atoms with Gasteiger partial charge in [0.05, 0.1) is 17.7 Å². The van der Waals surface area contributed by atoms with Crippen LogP contribution >= 0.6 is 0 Å². The van der Waals surface area contributed by atoms with Crippen LogP contribution in [0, 0.1) is 0 Å². The van der Waals surface area contributed by atoms with E-state index in [0.717, 1.165) is 24.8 Å². The maximum absolute atomic E-state index is 12.9. The van der Waals surface area contributed by atoms with Crippen molar-refractivity contribution in [1.82, 2.24) is 0 Å². The van der Waals surface area contributed by atoms with Crippen LogP contribution in [0.1, 0.15) is 94.0 Å². The molecular formula is C23H36O5. The van der Waals surface area contributed by atoms with E-state index in [2.05, 4.69) is 27.7 Å². The highest BCUT2D eigenvalue weighted by molar-refractivity contribution is 6.03. The Morgan fingerprint density at radius 3 is 2.21 bits per heavy atom. The number of esters is 2. The highest BCUT2D eigenvalue weighted by Gasteiger charge is 2.28. The Labute approximate surface area is 169 Å². The number of hydrogen-bond acceptors (Lipinski definition) is 5. The van der Waals surface area contributed by atoms with Gasteiger partial charge in [-0.05, 0) is 56.7 Å². The van der Waals surface area contributed by atoms with Crippen molar-refractivity contribution >= 4 is 11.9 Å². The summed E-state index contributed by atoms with van der Waals surface area (Å²) in [4.78, 5) is 25.7. The fourth-order valence-corrected chi connectivity index (χ4v) is 2.83. The molecule has 1 aromatic rings. The summed E-state index contributed by atoms with van der Waals surface area (Å²) in [6.45, 7) is 14.1. The van der Waals surface area contributed by atoms with Crippen LogP contribution in [-0.2, 0) is 19.6 Å². The summed E-state index contributed by atoms with van der Waals surface area (Å²) >= 11 is 0. The molecule has 28 heavy (non-hydrogen) atoms. The number of carbonyl (C=O) groups is 2. The van der Waals surface area contributed by atoms with Gasteiger partial charge in [0.1, 0.15) is 11.7 Å². The van der Waals surface area contributed by atoms with Crippen molar-refractivity contribution in [2.45, 2.75) is 84.8 Å². The van der Waals surface area contributed by atoms with E-state index < -0.39 is 23.6 Å². The van der Waals surface area contributed by atoms with E-state index in [1.54, 1.807) is 26.2 Å². The number of carbonyl (C=O) groups excluding carboxylic acids is 2. The lowest BCUT2D eigenvalue weighted by Gasteiger charge is -2.26. The Morgan fingerprint density at radius 2 is 1.68 bits per heavy atom. The summed E-state index contributed by atoms with van der Waals surface area (Å²) in [7, 11) is 1.55. The van der Waals surface area contributed by atoms with Crippen LogP contribution in [0.25, 0.3) is 0 Å². The van der Waals surface area contributed by atoms with Crippen molar-refractivity contribution in [1.29, 1.82) is 0 Å². The third-order valence-electron chi connectivity index (χ3n) is 4.54. The summed E-state index contributed by atoms with van der Waals surface area (Å²) < 4.78 is 16.2. The molecule has 5 nitrogen and oxygen atoms in total. The molecule has 0 saturated heterocycles. The largest absolute Gasteiger partial charge is 0.457 e. The lowest BCUT2D eigenvalue weighted by molar-refractivity contribution is -0.00639. The first kappa shape index (κ1) is 24.2. The first-order valence-electron chi connectivity index (χ1n) is 9.99. The Kier molecular flexibility index (Phi) is 8.68. The van der Waals surface area contributed by atoms with Crippen LogP contribution < -0.4 is 0 Å². The Balaban J connectivity index is 3.22. The lowest BCUT2D eigenvalue weighted by atomic mass is 9.85. The van der Waals surface area contributed by atoms with Gasteiger partial charge in [0.25, 0.3) is 0 Å². The predicted octanol–water partition coefficient (Wildman–Crippen LogP) is 5.30. The standard InChI is InChI=1S/C23H36O5/c1-9-10-13-23(6,7)28-21(25)18-12-11-17(22(3,4)5)14-19(18)20(24)27-16(2)15-26-8/h11-12,14,16H,9-10,13,15H2,1-8H3. The van der Waals surface area contributed by atoms with Crippen molar-refractivity contribution in [2.75, 3.05) is 13.7 Å². The molecule has 1 unspecified atom stereocenters. The molecule has 0 aliphatic heterocycles. The molecule has 0 aliphatic carbocycles. The summed E-state index contributed by atoms with van der Waals surface area (Å²) in [6, 6.07) is 5.26. The van der Waals surface area contributed by atoms with Gasteiger partial charge in [-0.15, -0.1) is 0 Å². The molecule has 0 fully saturated rings. The van der Waals surface area contributed by atoms with E-state index in [1.165, 1.54) is 0 Å². The summed E-state index contributed by atoms with van der Waals surface area (Å²) in [6.07, 6.45) is 2.34. The fraction of sp³-hybridized carbons (Fsp3) is 0.652.